The average Bonchev–Trinajstić information content (AvgIpc) is 3.28. The Morgan fingerprint density at radius 2 is 1.84 bits per heavy atom. The van der Waals surface area contributed by atoms with Gasteiger partial charge < -0.3 is 14.7 Å². The van der Waals surface area contributed by atoms with E-state index in [9.17, 15) is 4.79 Å². The third-order valence-electron chi connectivity index (χ3n) is 5.62. The summed E-state index contributed by atoms with van der Waals surface area (Å²) < 4.78 is 5.28. The highest BCUT2D eigenvalue weighted by atomic mass is 35.5. The summed E-state index contributed by atoms with van der Waals surface area (Å²) in [5.74, 6) is 0.897. The smallest absolute Gasteiger partial charge is 0.227 e. The lowest BCUT2D eigenvalue weighted by Gasteiger charge is -2.32. The monoisotopic (exact) mass is 453 g/mol. The number of aromatic nitrogens is 2. The van der Waals surface area contributed by atoms with Crippen molar-refractivity contribution in [2.45, 2.75) is 25.9 Å². The Morgan fingerprint density at radius 3 is 2.62 bits per heavy atom. The van der Waals surface area contributed by atoms with Gasteiger partial charge in [0.05, 0.1) is 0 Å². The number of nitrogens with one attached hydrogen (secondary N) is 1. The SMILES string of the molecule is CN1CCN(Cc2cccc(CNC(=O)CCc3nc(-c4ccc(Cl)cc4)no3)c2)CC1. The molecule has 1 aliphatic heterocycles. The summed E-state index contributed by atoms with van der Waals surface area (Å²) in [5, 5.41) is 7.62. The molecule has 1 saturated heterocycles. The maximum absolute atomic E-state index is 12.3. The number of likely N-dealkylation sites (N-methyl/N-ethyl adjacent to an activating group) is 1. The van der Waals surface area contributed by atoms with E-state index in [1.54, 1.807) is 12.1 Å². The molecule has 1 amide bonds. The lowest BCUT2D eigenvalue weighted by atomic mass is 10.1. The van der Waals surface area contributed by atoms with Crippen LogP contribution in [-0.4, -0.2) is 59.1 Å². The molecule has 1 aromatic heterocycles. The van der Waals surface area contributed by atoms with Crippen LogP contribution in [0.4, 0.5) is 0 Å². The van der Waals surface area contributed by atoms with Crippen LogP contribution in [0.1, 0.15) is 23.4 Å². The van der Waals surface area contributed by atoms with Crippen molar-refractivity contribution in [3.8, 4) is 11.4 Å². The Morgan fingerprint density at radius 1 is 1.09 bits per heavy atom. The number of piperazine rings is 1. The van der Waals surface area contributed by atoms with Crippen LogP contribution in [-0.2, 0) is 24.3 Å². The molecule has 1 fully saturated rings. The van der Waals surface area contributed by atoms with Gasteiger partial charge in [-0.3, -0.25) is 9.69 Å². The average molecular weight is 454 g/mol. The standard InChI is InChI=1S/C24H28ClN5O2/c1-29-11-13-30(14-12-29)17-19-4-2-3-18(15-19)16-26-22(31)9-10-23-27-24(28-32-23)20-5-7-21(25)8-6-20/h2-8,15H,9-14,16-17H2,1H3,(H,26,31). The van der Waals surface area contributed by atoms with Gasteiger partial charge in [-0.15, -0.1) is 0 Å². The molecule has 0 atom stereocenters. The van der Waals surface area contributed by atoms with Crippen LogP contribution in [0.25, 0.3) is 11.4 Å². The van der Waals surface area contributed by atoms with Gasteiger partial charge in [-0.2, -0.15) is 4.98 Å². The van der Waals surface area contributed by atoms with Crippen molar-refractivity contribution in [3.05, 3.63) is 70.6 Å². The number of benzene rings is 2. The Bertz CT molecular complexity index is 1030. The summed E-state index contributed by atoms with van der Waals surface area (Å²) >= 11 is 5.91. The third kappa shape index (κ3) is 6.38. The van der Waals surface area contributed by atoms with Crippen LogP contribution >= 0.6 is 11.6 Å². The first kappa shape index (κ1) is 22.5. The number of amides is 1. The number of carbonyl (C=O) groups is 1. The van der Waals surface area contributed by atoms with E-state index >= 15 is 0 Å². The largest absolute Gasteiger partial charge is 0.352 e. The molecule has 0 aliphatic carbocycles. The second-order valence-corrected chi connectivity index (χ2v) is 8.63. The Balaban J connectivity index is 1.22. The fourth-order valence-electron chi connectivity index (χ4n) is 3.68. The second-order valence-electron chi connectivity index (χ2n) is 8.19. The molecule has 2 aromatic carbocycles. The van der Waals surface area contributed by atoms with Gasteiger partial charge in [0.2, 0.25) is 17.6 Å². The number of carbonyl (C=O) groups excluding carboxylic acids is 1. The van der Waals surface area contributed by atoms with Crippen molar-refractivity contribution in [2.24, 2.45) is 0 Å². The second kappa shape index (κ2) is 10.7. The van der Waals surface area contributed by atoms with Gasteiger partial charge in [-0.1, -0.05) is 41.0 Å². The molecule has 4 rings (SSSR count). The zero-order valence-electron chi connectivity index (χ0n) is 18.3. The number of nitrogens with zero attached hydrogens (tertiary/aromatic N) is 4. The van der Waals surface area contributed by atoms with Crippen LogP contribution in [0.15, 0.2) is 53.1 Å². The number of aryl methyl sites for hydroxylation is 1. The number of hydrogen-bond acceptors (Lipinski definition) is 6. The van der Waals surface area contributed by atoms with Gasteiger partial charge in [0.15, 0.2) is 0 Å². The minimum Gasteiger partial charge on any atom is -0.352 e. The minimum absolute atomic E-state index is 0.0410. The van der Waals surface area contributed by atoms with E-state index in [4.69, 9.17) is 16.1 Å². The lowest BCUT2D eigenvalue weighted by Crippen LogP contribution is -2.43. The maximum atomic E-state index is 12.3. The van der Waals surface area contributed by atoms with Crippen LogP contribution in [0.5, 0.6) is 0 Å². The van der Waals surface area contributed by atoms with E-state index < -0.39 is 0 Å². The Hall–Kier alpha value is -2.74. The van der Waals surface area contributed by atoms with Crippen LogP contribution in [0.3, 0.4) is 0 Å². The van der Waals surface area contributed by atoms with E-state index in [0.29, 0.717) is 36.1 Å². The topological polar surface area (TPSA) is 74.5 Å². The van der Waals surface area contributed by atoms with Crippen molar-refractivity contribution < 1.29 is 9.32 Å². The molecule has 0 unspecified atom stereocenters. The predicted molar refractivity (Wildman–Crippen MR) is 124 cm³/mol. The molecule has 8 heteroatoms. The molecule has 2 heterocycles. The highest BCUT2D eigenvalue weighted by molar-refractivity contribution is 6.30. The van der Waals surface area contributed by atoms with E-state index in [1.807, 2.05) is 18.2 Å². The van der Waals surface area contributed by atoms with Crippen molar-refractivity contribution in [1.82, 2.24) is 25.3 Å². The molecular formula is C24H28ClN5O2. The van der Waals surface area contributed by atoms with Crippen LogP contribution in [0, 0.1) is 0 Å². The molecule has 1 N–H and O–H groups in total. The normalized spacial score (nSPS) is 15.1. The first-order valence-electron chi connectivity index (χ1n) is 10.9. The van der Waals surface area contributed by atoms with Gasteiger partial charge >= 0.3 is 0 Å². The summed E-state index contributed by atoms with van der Waals surface area (Å²) in [5.41, 5.74) is 3.21. The first-order chi connectivity index (χ1) is 15.5. The Labute approximate surface area is 193 Å². The minimum atomic E-state index is -0.0410. The fourth-order valence-corrected chi connectivity index (χ4v) is 3.81. The van der Waals surface area contributed by atoms with E-state index in [2.05, 4.69) is 50.5 Å². The summed E-state index contributed by atoms with van der Waals surface area (Å²) in [7, 11) is 2.16. The van der Waals surface area contributed by atoms with Gasteiger partial charge in [0.1, 0.15) is 0 Å². The van der Waals surface area contributed by atoms with Crippen molar-refractivity contribution >= 4 is 17.5 Å². The third-order valence-corrected chi connectivity index (χ3v) is 5.87. The summed E-state index contributed by atoms with van der Waals surface area (Å²) in [6.07, 6.45) is 0.694. The summed E-state index contributed by atoms with van der Waals surface area (Å²) in [4.78, 5) is 21.5. The molecule has 0 saturated carbocycles. The lowest BCUT2D eigenvalue weighted by molar-refractivity contribution is -0.121. The van der Waals surface area contributed by atoms with Gasteiger partial charge in [-0.05, 0) is 42.4 Å². The molecule has 7 nitrogen and oxygen atoms in total. The quantitative estimate of drug-likeness (QED) is 0.563. The first-order valence-corrected chi connectivity index (χ1v) is 11.3. The summed E-state index contributed by atoms with van der Waals surface area (Å²) in [6, 6.07) is 15.7. The van der Waals surface area contributed by atoms with Crippen LogP contribution in [0.2, 0.25) is 5.02 Å². The van der Waals surface area contributed by atoms with Gasteiger partial charge in [-0.25, -0.2) is 0 Å². The van der Waals surface area contributed by atoms with Crippen molar-refractivity contribution in [2.75, 3.05) is 33.2 Å². The van der Waals surface area contributed by atoms with Gasteiger partial charge in [0.25, 0.3) is 0 Å². The highest BCUT2D eigenvalue weighted by Crippen LogP contribution is 2.19. The number of halogens is 1. The van der Waals surface area contributed by atoms with E-state index in [-0.39, 0.29) is 5.91 Å². The molecule has 32 heavy (non-hydrogen) atoms. The van der Waals surface area contributed by atoms with E-state index in [0.717, 1.165) is 43.9 Å². The molecule has 1 aliphatic rings. The Kier molecular flexibility index (Phi) is 7.52. The molecule has 0 bridgehead atoms. The summed E-state index contributed by atoms with van der Waals surface area (Å²) in [6.45, 7) is 5.85. The van der Waals surface area contributed by atoms with Crippen molar-refractivity contribution in [1.29, 1.82) is 0 Å². The van der Waals surface area contributed by atoms with E-state index in [1.165, 1.54) is 5.56 Å². The number of hydrogen-bond donors (Lipinski definition) is 1. The fraction of sp³-hybridized carbons (Fsp3) is 0.375. The molecule has 3 aromatic rings. The molecule has 168 valence electrons. The van der Waals surface area contributed by atoms with Gasteiger partial charge in [0, 0.05) is 62.7 Å². The molecular weight excluding hydrogens is 426 g/mol. The molecule has 0 radical (unpaired) electrons. The predicted octanol–water partition coefficient (Wildman–Crippen LogP) is 3.39. The molecule has 0 spiro atoms. The van der Waals surface area contributed by atoms with Crippen LogP contribution < -0.4 is 5.32 Å². The zero-order chi connectivity index (χ0) is 22.3. The number of rotatable bonds is 8. The maximum Gasteiger partial charge on any atom is 0.227 e. The van der Waals surface area contributed by atoms with Crippen molar-refractivity contribution in [3.63, 3.8) is 0 Å². The zero-order valence-corrected chi connectivity index (χ0v) is 19.0. The highest BCUT2D eigenvalue weighted by Gasteiger charge is 2.14.